The number of rotatable bonds is 9. The minimum atomic E-state index is 0.412. The van der Waals surface area contributed by atoms with Crippen molar-refractivity contribution in [2.75, 3.05) is 39.3 Å². The summed E-state index contributed by atoms with van der Waals surface area (Å²) in [6.07, 6.45) is 4.02. The number of anilines is 1. The van der Waals surface area contributed by atoms with Crippen molar-refractivity contribution in [2.45, 2.75) is 13.0 Å². The molecule has 0 radical (unpaired) electrons. The molecule has 1 rings (SSSR count). The van der Waals surface area contributed by atoms with Crippen LogP contribution in [0.5, 0.6) is 0 Å². The van der Waals surface area contributed by atoms with Crippen molar-refractivity contribution in [1.29, 1.82) is 0 Å². The first-order chi connectivity index (χ1) is 8.33. The quantitative estimate of drug-likeness (QED) is 0.639. The van der Waals surface area contributed by atoms with E-state index in [2.05, 4.69) is 9.97 Å². The fraction of sp³-hybridized carbons (Fsp3) is 0.636. The molecule has 6 nitrogen and oxygen atoms in total. The Bertz CT molecular complexity index is 293. The van der Waals surface area contributed by atoms with Gasteiger partial charge in [-0.1, -0.05) is 0 Å². The lowest BCUT2D eigenvalue weighted by Gasteiger charge is -2.05. The first-order valence-electron chi connectivity index (χ1n) is 5.53. The van der Waals surface area contributed by atoms with E-state index in [0.717, 1.165) is 18.7 Å². The Morgan fingerprint density at radius 3 is 2.59 bits per heavy atom. The zero-order valence-corrected chi connectivity index (χ0v) is 10.1. The summed E-state index contributed by atoms with van der Waals surface area (Å²) in [4.78, 5) is 7.98. The predicted molar refractivity (Wildman–Crippen MR) is 63.4 cm³/mol. The molecule has 0 saturated heterocycles. The Morgan fingerprint density at radius 2 is 1.88 bits per heavy atom. The van der Waals surface area contributed by atoms with Gasteiger partial charge in [-0.05, 0) is 6.42 Å². The Morgan fingerprint density at radius 1 is 1.06 bits per heavy atom. The molecule has 0 saturated carbocycles. The molecule has 1 heterocycles. The molecule has 0 aliphatic carbocycles. The molecule has 6 heteroatoms. The second-order valence-electron chi connectivity index (χ2n) is 3.44. The molecule has 0 aliphatic heterocycles. The predicted octanol–water partition coefficient (Wildman–Crippen LogP) is 0.628. The summed E-state index contributed by atoms with van der Waals surface area (Å²) in [6, 6.07) is 0. The minimum absolute atomic E-state index is 0.412. The molecule has 2 N–H and O–H groups in total. The zero-order valence-electron chi connectivity index (χ0n) is 10.1. The molecule has 0 bridgehead atoms. The Labute approximate surface area is 101 Å². The normalized spacial score (nSPS) is 10.6. The molecule has 0 unspecified atom stereocenters. The molecule has 17 heavy (non-hydrogen) atoms. The smallest absolute Gasteiger partial charge is 0.141 e. The second-order valence-corrected chi connectivity index (χ2v) is 3.44. The van der Waals surface area contributed by atoms with Crippen molar-refractivity contribution >= 4 is 5.82 Å². The van der Waals surface area contributed by atoms with Gasteiger partial charge >= 0.3 is 0 Å². The van der Waals surface area contributed by atoms with Crippen LogP contribution in [-0.4, -0.2) is 43.5 Å². The van der Waals surface area contributed by atoms with Crippen LogP contribution >= 0.6 is 0 Å². The van der Waals surface area contributed by atoms with Gasteiger partial charge in [-0.2, -0.15) is 0 Å². The summed E-state index contributed by atoms with van der Waals surface area (Å²) < 4.78 is 15.6. The lowest BCUT2D eigenvalue weighted by Crippen LogP contribution is -2.07. The number of hydrogen-bond acceptors (Lipinski definition) is 6. The van der Waals surface area contributed by atoms with Crippen LogP contribution in [0.1, 0.15) is 12.1 Å². The third kappa shape index (κ3) is 6.83. The maximum absolute atomic E-state index is 5.42. The fourth-order valence-electron chi connectivity index (χ4n) is 1.14. The minimum Gasteiger partial charge on any atom is -0.385 e. The van der Waals surface area contributed by atoms with Gasteiger partial charge < -0.3 is 19.9 Å². The maximum atomic E-state index is 5.42. The lowest BCUT2D eigenvalue weighted by molar-refractivity contribution is 0.0327. The van der Waals surface area contributed by atoms with Gasteiger partial charge in [-0.15, -0.1) is 0 Å². The van der Waals surface area contributed by atoms with E-state index in [9.17, 15) is 0 Å². The molecule has 0 atom stereocenters. The van der Waals surface area contributed by atoms with Gasteiger partial charge in [0.2, 0.25) is 0 Å². The number of aromatic nitrogens is 2. The summed E-state index contributed by atoms with van der Waals surface area (Å²) >= 11 is 0. The van der Waals surface area contributed by atoms with Crippen LogP contribution in [0, 0.1) is 0 Å². The molecular formula is C11H19N3O3. The van der Waals surface area contributed by atoms with Crippen LogP contribution in [0.15, 0.2) is 12.4 Å². The molecule has 1 aromatic rings. The van der Waals surface area contributed by atoms with E-state index >= 15 is 0 Å². The van der Waals surface area contributed by atoms with Gasteiger partial charge in [0.05, 0.1) is 37.9 Å². The first-order valence-corrected chi connectivity index (χ1v) is 5.53. The summed E-state index contributed by atoms with van der Waals surface area (Å²) in [7, 11) is 1.68. The largest absolute Gasteiger partial charge is 0.385 e. The molecule has 0 fully saturated rings. The average Bonchev–Trinajstić information content (AvgIpc) is 2.35. The first kappa shape index (κ1) is 13.8. The van der Waals surface area contributed by atoms with Crippen molar-refractivity contribution < 1.29 is 14.2 Å². The summed E-state index contributed by atoms with van der Waals surface area (Å²) in [6.45, 7) is 2.96. The third-order valence-electron chi connectivity index (χ3n) is 1.98. The Balaban J connectivity index is 1.95. The van der Waals surface area contributed by atoms with Crippen LogP contribution < -0.4 is 5.73 Å². The van der Waals surface area contributed by atoms with Crippen molar-refractivity contribution in [2.24, 2.45) is 0 Å². The van der Waals surface area contributed by atoms with Gasteiger partial charge in [-0.3, -0.25) is 4.98 Å². The highest BCUT2D eigenvalue weighted by molar-refractivity contribution is 5.22. The molecule has 0 aliphatic rings. The van der Waals surface area contributed by atoms with E-state index in [4.69, 9.17) is 19.9 Å². The van der Waals surface area contributed by atoms with E-state index in [1.807, 2.05) is 0 Å². The summed E-state index contributed by atoms with van der Waals surface area (Å²) in [5.74, 6) is 0.412. The van der Waals surface area contributed by atoms with Crippen molar-refractivity contribution in [1.82, 2.24) is 9.97 Å². The number of nitrogen functional groups attached to an aromatic ring is 1. The summed E-state index contributed by atoms with van der Waals surface area (Å²) in [5.41, 5.74) is 6.18. The van der Waals surface area contributed by atoms with Gasteiger partial charge in [-0.25, -0.2) is 4.98 Å². The molecule has 0 amide bonds. The van der Waals surface area contributed by atoms with Crippen molar-refractivity contribution in [3.05, 3.63) is 18.1 Å². The molecule has 1 aromatic heterocycles. The van der Waals surface area contributed by atoms with E-state index in [1.165, 1.54) is 6.20 Å². The molecule has 96 valence electrons. The zero-order chi connectivity index (χ0) is 12.3. The fourth-order valence-corrected chi connectivity index (χ4v) is 1.14. The van der Waals surface area contributed by atoms with Crippen LogP contribution in [0.2, 0.25) is 0 Å². The van der Waals surface area contributed by atoms with E-state index in [-0.39, 0.29) is 0 Å². The van der Waals surface area contributed by atoms with E-state index in [0.29, 0.717) is 32.2 Å². The average molecular weight is 241 g/mol. The van der Waals surface area contributed by atoms with E-state index < -0.39 is 0 Å². The Kier molecular flexibility index (Phi) is 7.20. The molecule has 0 spiro atoms. The summed E-state index contributed by atoms with van der Waals surface area (Å²) in [5, 5.41) is 0. The number of nitrogens with zero attached hydrogens (tertiary/aromatic N) is 2. The van der Waals surface area contributed by atoms with Crippen molar-refractivity contribution in [3.63, 3.8) is 0 Å². The molecule has 0 aromatic carbocycles. The standard InChI is InChI=1S/C11H19N3O3/c1-15-3-2-4-16-5-6-17-9-10-7-14-11(12)8-13-10/h7-8H,2-6,9H2,1H3,(H2,12,14). The second kappa shape index (κ2) is 8.86. The monoisotopic (exact) mass is 241 g/mol. The van der Waals surface area contributed by atoms with E-state index in [1.54, 1.807) is 13.3 Å². The van der Waals surface area contributed by atoms with Gasteiger partial charge in [0.25, 0.3) is 0 Å². The third-order valence-corrected chi connectivity index (χ3v) is 1.98. The highest BCUT2D eigenvalue weighted by Crippen LogP contribution is 1.97. The highest BCUT2D eigenvalue weighted by Gasteiger charge is 1.96. The maximum Gasteiger partial charge on any atom is 0.141 e. The van der Waals surface area contributed by atoms with Crippen LogP contribution in [-0.2, 0) is 20.8 Å². The van der Waals surface area contributed by atoms with Gasteiger partial charge in [0.15, 0.2) is 0 Å². The van der Waals surface area contributed by atoms with Crippen LogP contribution in [0.25, 0.3) is 0 Å². The van der Waals surface area contributed by atoms with Gasteiger partial charge in [0.1, 0.15) is 5.82 Å². The van der Waals surface area contributed by atoms with Crippen LogP contribution in [0.3, 0.4) is 0 Å². The van der Waals surface area contributed by atoms with Crippen LogP contribution in [0.4, 0.5) is 5.82 Å². The highest BCUT2D eigenvalue weighted by atomic mass is 16.5. The number of nitrogens with two attached hydrogens (primary N) is 1. The Hall–Kier alpha value is -1.24. The number of hydrogen-bond donors (Lipinski definition) is 1. The topological polar surface area (TPSA) is 79.5 Å². The van der Waals surface area contributed by atoms with Crippen molar-refractivity contribution in [3.8, 4) is 0 Å². The number of methoxy groups -OCH3 is 1. The lowest BCUT2D eigenvalue weighted by atomic mass is 10.5. The molecular weight excluding hydrogens is 222 g/mol. The van der Waals surface area contributed by atoms with Gasteiger partial charge in [0, 0.05) is 20.3 Å². The SMILES string of the molecule is COCCCOCCOCc1cnc(N)cn1. The number of ether oxygens (including phenoxy) is 3.